The number of nitrogens with one attached hydrogen (secondary N) is 1. The van der Waals surface area contributed by atoms with E-state index < -0.39 is 5.97 Å². The van der Waals surface area contributed by atoms with Gasteiger partial charge >= 0.3 is 5.97 Å². The van der Waals surface area contributed by atoms with Crippen LogP contribution in [0, 0.1) is 0 Å². The lowest BCUT2D eigenvalue weighted by molar-refractivity contribution is -0.142. The van der Waals surface area contributed by atoms with E-state index in [-0.39, 0.29) is 19.1 Å². The number of hydrogen-bond acceptors (Lipinski definition) is 5. The third-order valence-corrected chi connectivity index (χ3v) is 1.83. The number of aromatic nitrogens is 3. The van der Waals surface area contributed by atoms with Gasteiger partial charge in [-0.15, -0.1) is 5.10 Å². The summed E-state index contributed by atoms with van der Waals surface area (Å²) in [5.41, 5.74) is 0. The predicted octanol–water partition coefficient (Wildman–Crippen LogP) is -1.11. The number of ether oxygens (including phenoxy) is 1. The molecule has 8 heteroatoms. The standard InChI is InChI=1S/C9H14N4O4/c14-8(1-4-13-5-2-11-12-13)10-3-6-17-7-9(15)16/h2,5H,1,3-4,6-7H2,(H,10,14)(H,15,16). The van der Waals surface area contributed by atoms with Gasteiger partial charge in [-0.1, -0.05) is 5.21 Å². The Labute approximate surface area is 97.6 Å². The number of rotatable bonds is 8. The number of aryl methyl sites for hydroxylation is 1. The summed E-state index contributed by atoms with van der Waals surface area (Å²) in [6.45, 7) is 0.585. The highest BCUT2D eigenvalue weighted by Crippen LogP contribution is 1.87. The maximum atomic E-state index is 11.3. The molecule has 1 rings (SSSR count). The molecule has 0 saturated carbocycles. The second-order valence-corrected chi connectivity index (χ2v) is 3.21. The normalized spacial score (nSPS) is 10.1. The van der Waals surface area contributed by atoms with E-state index in [2.05, 4.69) is 15.6 Å². The molecule has 0 unspecified atom stereocenters. The summed E-state index contributed by atoms with van der Waals surface area (Å²) in [6, 6.07) is 0. The Bertz CT molecular complexity index is 352. The highest BCUT2D eigenvalue weighted by atomic mass is 16.5. The monoisotopic (exact) mass is 242 g/mol. The SMILES string of the molecule is O=C(O)COCCNC(=O)CCn1ccnn1. The molecular formula is C9H14N4O4. The second-order valence-electron chi connectivity index (χ2n) is 3.21. The van der Waals surface area contributed by atoms with Gasteiger partial charge in [-0.25, -0.2) is 4.79 Å². The Hall–Kier alpha value is -1.96. The number of carbonyl (C=O) groups is 2. The average molecular weight is 242 g/mol. The summed E-state index contributed by atoms with van der Waals surface area (Å²) >= 11 is 0. The fraction of sp³-hybridized carbons (Fsp3) is 0.556. The fourth-order valence-corrected chi connectivity index (χ4v) is 1.08. The van der Waals surface area contributed by atoms with Gasteiger partial charge in [-0.05, 0) is 0 Å². The number of nitrogens with zero attached hydrogens (tertiary/aromatic N) is 3. The summed E-state index contributed by atoms with van der Waals surface area (Å²) in [5.74, 6) is -1.16. The van der Waals surface area contributed by atoms with Crippen molar-refractivity contribution in [3.8, 4) is 0 Å². The van der Waals surface area contributed by atoms with E-state index >= 15 is 0 Å². The van der Waals surface area contributed by atoms with Gasteiger partial charge < -0.3 is 15.2 Å². The molecule has 94 valence electrons. The highest BCUT2D eigenvalue weighted by molar-refractivity contribution is 5.75. The number of carboxylic acids is 1. The van der Waals surface area contributed by atoms with Crippen molar-refractivity contribution in [3.63, 3.8) is 0 Å². The Morgan fingerprint density at radius 3 is 2.94 bits per heavy atom. The second kappa shape index (κ2) is 7.34. The molecule has 1 aromatic heterocycles. The number of hydrogen-bond donors (Lipinski definition) is 2. The maximum absolute atomic E-state index is 11.3. The Balaban J connectivity index is 2.00. The van der Waals surface area contributed by atoms with E-state index in [0.717, 1.165) is 0 Å². The molecule has 0 aliphatic carbocycles. The Morgan fingerprint density at radius 2 is 2.29 bits per heavy atom. The van der Waals surface area contributed by atoms with Gasteiger partial charge in [0.1, 0.15) is 6.61 Å². The van der Waals surface area contributed by atoms with Gasteiger partial charge in [0.15, 0.2) is 0 Å². The van der Waals surface area contributed by atoms with Gasteiger partial charge in [0.05, 0.1) is 19.3 Å². The molecule has 0 saturated heterocycles. The van der Waals surface area contributed by atoms with Crippen molar-refractivity contribution in [1.82, 2.24) is 20.3 Å². The molecule has 0 bridgehead atoms. The molecule has 2 N–H and O–H groups in total. The van der Waals surface area contributed by atoms with Crippen LogP contribution in [0.3, 0.4) is 0 Å². The molecule has 1 amide bonds. The number of amides is 1. The fourth-order valence-electron chi connectivity index (χ4n) is 1.08. The lowest BCUT2D eigenvalue weighted by atomic mass is 10.4. The van der Waals surface area contributed by atoms with Gasteiger partial charge in [0.2, 0.25) is 5.91 Å². The average Bonchev–Trinajstić information content (AvgIpc) is 2.78. The van der Waals surface area contributed by atoms with E-state index in [1.165, 1.54) is 6.20 Å². The van der Waals surface area contributed by atoms with Crippen molar-refractivity contribution in [2.75, 3.05) is 19.8 Å². The first kappa shape index (κ1) is 13.1. The predicted molar refractivity (Wildman–Crippen MR) is 56.1 cm³/mol. The van der Waals surface area contributed by atoms with Gasteiger partial charge in [0, 0.05) is 19.2 Å². The van der Waals surface area contributed by atoms with Gasteiger partial charge in [-0.3, -0.25) is 9.48 Å². The lowest BCUT2D eigenvalue weighted by Crippen LogP contribution is -2.28. The van der Waals surface area contributed by atoms with E-state index in [9.17, 15) is 9.59 Å². The summed E-state index contributed by atoms with van der Waals surface area (Å²) in [7, 11) is 0. The molecule has 1 aromatic rings. The third kappa shape index (κ3) is 6.25. The van der Waals surface area contributed by atoms with E-state index in [4.69, 9.17) is 9.84 Å². The van der Waals surface area contributed by atoms with Crippen molar-refractivity contribution < 1.29 is 19.4 Å². The molecule has 0 fully saturated rings. The van der Waals surface area contributed by atoms with Crippen LogP contribution in [0.5, 0.6) is 0 Å². The highest BCUT2D eigenvalue weighted by Gasteiger charge is 2.02. The van der Waals surface area contributed by atoms with Crippen molar-refractivity contribution in [1.29, 1.82) is 0 Å². The largest absolute Gasteiger partial charge is 0.480 e. The molecular weight excluding hydrogens is 228 g/mol. The minimum atomic E-state index is -1.03. The van der Waals surface area contributed by atoms with E-state index in [1.54, 1.807) is 10.9 Å². The Kier molecular flexibility index (Phi) is 5.66. The lowest BCUT2D eigenvalue weighted by Gasteiger charge is -2.05. The molecule has 0 aliphatic rings. The van der Waals surface area contributed by atoms with Crippen LogP contribution >= 0.6 is 0 Å². The maximum Gasteiger partial charge on any atom is 0.329 e. The zero-order chi connectivity index (χ0) is 12.5. The smallest absolute Gasteiger partial charge is 0.329 e. The van der Waals surface area contributed by atoms with Crippen LogP contribution in [0.1, 0.15) is 6.42 Å². The molecule has 0 radical (unpaired) electrons. The van der Waals surface area contributed by atoms with Gasteiger partial charge in [0.25, 0.3) is 0 Å². The molecule has 8 nitrogen and oxygen atoms in total. The first-order valence-electron chi connectivity index (χ1n) is 5.09. The summed E-state index contributed by atoms with van der Waals surface area (Å²) in [6.07, 6.45) is 3.50. The Morgan fingerprint density at radius 1 is 1.47 bits per heavy atom. The minimum Gasteiger partial charge on any atom is -0.480 e. The summed E-state index contributed by atoms with van der Waals surface area (Å²) in [4.78, 5) is 21.4. The van der Waals surface area contributed by atoms with E-state index in [1.807, 2.05) is 0 Å². The van der Waals surface area contributed by atoms with Crippen molar-refractivity contribution >= 4 is 11.9 Å². The van der Waals surface area contributed by atoms with Crippen LogP contribution in [-0.2, 0) is 20.9 Å². The van der Waals surface area contributed by atoms with Crippen molar-refractivity contribution in [2.24, 2.45) is 0 Å². The quantitative estimate of drug-likeness (QED) is 0.559. The van der Waals surface area contributed by atoms with Crippen LogP contribution in [0.4, 0.5) is 0 Å². The molecule has 0 spiro atoms. The zero-order valence-corrected chi connectivity index (χ0v) is 9.20. The topological polar surface area (TPSA) is 106 Å². The molecule has 1 heterocycles. The van der Waals surface area contributed by atoms with E-state index in [0.29, 0.717) is 19.5 Å². The van der Waals surface area contributed by atoms with Crippen LogP contribution < -0.4 is 5.32 Å². The summed E-state index contributed by atoms with van der Waals surface area (Å²) in [5, 5.41) is 18.2. The molecule has 0 atom stereocenters. The third-order valence-electron chi connectivity index (χ3n) is 1.83. The zero-order valence-electron chi connectivity index (χ0n) is 9.20. The van der Waals surface area contributed by atoms with Crippen molar-refractivity contribution in [2.45, 2.75) is 13.0 Å². The molecule has 0 aromatic carbocycles. The first-order valence-corrected chi connectivity index (χ1v) is 5.09. The molecule has 0 aliphatic heterocycles. The first-order chi connectivity index (χ1) is 8.18. The number of carbonyl (C=O) groups excluding carboxylic acids is 1. The van der Waals surface area contributed by atoms with Crippen LogP contribution in [0.15, 0.2) is 12.4 Å². The van der Waals surface area contributed by atoms with Crippen LogP contribution in [-0.4, -0.2) is 51.7 Å². The van der Waals surface area contributed by atoms with Gasteiger partial charge in [-0.2, -0.15) is 0 Å². The summed E-state index contributed by atoms with van der Waals surface area (Å²) < 4.78 is 6.31. The molecule has 17 heavy (non-hydrogen) atoms. The number of carboxylic acid groups (broad SMARTS) is 1. The minimum absolute atomic E-state index is 0.139. The number of aliphatic carboxylic acids is 1. The van der Waals surface area contributed by atoms with Crippen LogP contribution in [0.25, 0.3) is 0 Å². The van der Waals surface area contributed by atoms with Crippen LogP contribution in [0.2, 0.25) is 0 Å². The van der Waals surface area contributed by atoms with Crippen molar-refractivity contribution in [3.05, 3.63) is 12.4 Å².